The molecule has 2 rings (SSSR count). The van der Waals surface area contributed by atoms with E-state index >= 15 is 0 Å². The van der Waals surface area contributed by atoms with Crippen molar-refractivity contribution in [1.82, 2.24) is 9.80 Å². The largest absolute Gasteiger partial charge is 0.375 e. The summed E-state index contributed by atoms with van der Waals surface area (Å²) in [5, 5.41) is 0. The van der Waals surface area contributed by atoms with E-state index in [0.29, 0.717) is 5.96 Å². The van der Waals surface area contributed by atoms with Gasteiger partial charge in [-0.2, -0.15) is 0 Å². The van der Waals surface area contributed by atoms with Crippen LogP contribution in [0.4, 0.5) is 0 Å². The van der Waals surface area contributed by atoms with E-state index in [9.17, 15) is 0 Å². The molecule has 1 aliphatic heterocycles. The van der Waals surface area contributed by atoms with Gasteiger partial charge in [-0.1, -0.05) is 0 Å². The van der Waals surface area contributed by atoms with Gasteiger partial charge in [0.1, 0.15) is 0 Å². The number of rotatable bonds is 3. The first-order valence-corrected chi connectivity index (χ1v) is 6.87. The quantitative estimate of drug-likeness (QED) is 0.589. The fourth-order valence-corrected chi connectivity index (χ4v) is 2.69. The second kappa shape index (κ2) is 5.45. The van der Waals surface area contributed by atoms with Crippen molar-refractivity contribution >= 4 is 5.96 Å². The van der Waals surface area contributed by atoms with E-state index in [1.54, 1.807) is 0 Å². The summed E-state index contributed by atoms with van der Waals surface area (Å²) >= 11 is 0. The van der Waals surface area contributed by atoms with Crippen molar-refractivity contribution < 1.29 is 4.74 Å². The van der Waals surface area contributed by atoms with Crippen LogP contribution in [0.3, 0.4) is 0 Å². The van der Waals surface area contributed by atoms with Gasteiger partial charge >= 0.3 is 0 Å². The summed E-state index contributed by atoms with van der Waals surface area (Å²) < 4.78 is 5.51. The molecule has 2 aliphatic rings. The Bertz CT molecular complexity index is 312. The lowest BCUT2D eigenvalue weighted by Crippen LogP contribution is -2.54. The smallest absolute Gasteiger partial charge is 0.191 e. The number of hydrogen-bond donors (Lipinski definition) is 1. The molecule has 2 fully saturated rings. The van der Waals surface area contributed by atoms with Crippen molar-refractivity contribution in [2.75, 3.05) is 40.3 Å². The van der Waals surface area contributed by atoms with Crippen LogP contribution in [0.2, 0.25) is 0 Å². The van der Waals surface area contributed by atoms with Crippen LogP contribution in [0, 0.1) is 0 Å². The lowest BCUT2D eigenvalue weighted by molar-refractivity contribution is 0.00499. The predicted octanol–water partition coefficient (Wildman–Crippen LogP) is 0.506. The van der Waals surface area contributed by atoms with Crippen molar-refractivity contribution in [3.05, 3.63) is 0 Å². The Kier molecular flexibility index (Phi) is 4.12. The van der Waals surface area contributed by atoms with Crippen LogP contribution in [0.1, 0.15) is 26.2 Å². The van der Waals surface area contributed by atoms with Gasteiger partial charge in [0.2, 0.25) is 0 Å². The van der Waals surface area contributed by atoms with Crippen molar-refractivity contribution in [3.8, 4) is 0 Å². The highest BCUT2D eigenvalue weighted by molar-refractivity contribution is 5.78. The van der Waals surface area contributed by atoms with Gasteiger partial charge in [-0.05, 0) is 40.3 Å². The fourth-order valence-electron chi connectivity index (χ4n) is 2.69. The lowest BCUT2D eigenvalue weighted by atomic mass is 9.76. The molecule has 104 valence electrons. The molecule has 1 atom stereocenters. The molecule has 0 aromatic carbocycles. The van der Waals surface area contributed by atoms with Crippen LogP contribution in [0.15, 0.2) is 4.99 Å². The Morgan fingerprint density at radius 2 is 2.22 bits per heavy atom. The molecule has 1 aliphatic carbocycles. The molecule has 0 aromatic rings. The SMILES string of the molecule is CC1CN(C(N)=NCC2(N(C)C)CCC2)CCO1. The second-order valence-corrected chi connectivity index (χ2v) is 5.77. The molecule has 0 bridgehead atoms. The van der Waals surface area contributed by atoms with Crippen LogP contribution in [0.25, 0.3) is 0 Å². The van der Waals surface area contributed by atoms with Gasteiger partial charge in [0.05, 0.1) is 19.3 Å². The highest BCUT2D eigenvalue weighted by Crippen LogP contribution is 2.36. The number of morpholine rings is 1. The average Bonchev–Trinajstić information content (AvgIpc) is 2.26. The van der Waals surface area contributed by atoms with E-state index in [0.717, 1.165) is 26.2 Å². The third kappa shape index (κ3) is 2.78. The number of likely N-dealkylation sites (N-methyl/N-ethyl adjacent to an activating group) is 1. The van der Waals surface area contributed by atoms with Crippen LogP contribution in [-0.4, -0.2) is 67.7 Å². The average molecular weight is 254 g/mol. The summed E-state index contributed by atoms with van der Waals surface area (Å²) in [6.45, 7) is 5.35. The molecule has 5 nitrogen and oxygen atoms in total. The molecule has 5 heteroatoms. The molecule has 0 amide bonds. The van der Waals surface area contributed by atoms with Crippen molar-refractivity contribution in [1.29, 1.82) is 0 Å². The molecule has 0 aromatic heterocycles. The molecule has 0 spiro atoms. The molecular formula is C13H26N4O. The monoisotopic (exact) mass is 254 g/mol. The van der Waals surface area contributed by atoms with Gasteiger partial charge in [0, 0.05) is 18.6 Å². The van der Waals surface area contributed by atoms with Crippen LogP contribution in [0.5, 0.6) is 0 Å². The van der Waals surface area contributed by atoms with Crippen LogP contribution >= 0.6 is 0 Å². The maximum atomic E-state index is 6.10. The normalized spacial score (nSPS) is 28.3. The molecule has 1 unspecified atom stereocenters. The van der Waals surface area contributed by atoms with Crippen LogP contribution in [-0.2, 0) is 4.74 Å². The Balaban J connectivity index is 1.91. The van der Waals surface area contributed by atoms with Crippen LogP contribution < -0.4 is 5.73 Å². The van der Waals surface area contributed by atoms with Gasteiger partial charge in [-0.15, -0.1) is 0 Å². The van der Waals surface area contributed by atoms with E-state index in [1.165, 1.54) is 19.3 Å². The number of nitrogens with zero attached hydrogens (tertiary/aromatic N) is 3. The Hall–Kier alpha value is -0.810. The molecule has 0 radical (unpaired) electrons. The highest BCUT2D eigenvalue weighted by Gasteiger charge is 2.38. The summed E-state index contributed by atoms with van der Waals surface area (Å²) in [4.78, 5) is 9.06. The summed E-state index contributed by atoms with van der Waals surface area (Å²) in [6.07, 6.45) is 4.02. The summed E-state index contributed by atoms with van der Waals surface area (Å²) in [5.41, 5.74) is 6.35. The predicted molar refractivity (Wildman–Crippen MR) is 73.7 cm³/mol. The molecule has 1 saturated heterocycles. The first-order valence-electron chi connectivity index (χ1n) is 6.87. The lowest BCUT2D eigenvalue weighted by Gasteiger charge is -2.46. The van der Waals surface area contributed by atoms with E-state index in [2.05, 4.69) is 35.8 Å². The van der Waals surface area contributed by atoms with Gasteiger partial charge < -0.3 is 20.3 Å². The summed E-state index contributed by atoms with van der Waals surface area (Å²) in [6, 6.07) is 0. The van der Waals surface area contributed by atoms with Gasteiger partial charge in [0.15, 0.2) is 5.96 Å². The Labute approximate surface area is 110 Å². The third-order valence-corrected chi connectivity index (χ3v) is 4.33. The number of guanidine groups is 1. The van der Waals surface area contributed by atoms with Crippen molar-refractivity contribution in [2.24, 2.45) is 10.7 Å². The Morgan fingerprint density at radius 1 is 1.50 bits per heavy atom. The maximum Gasteiger partial charge on any atom is 0.191 e. The minimum absolute atomic E-state index is 0.249. The molecule has 2 N–H and O–H groups in total. The van der Waals surface area contributed by atoms with E-state index < -0.39 is 0 Å². The summed E-state index contributed by atoms with van der Waals surface area (Å²) in [5.74, 6) is 0.679. The second-order valence-electron chi connectivity index (χ2n) is 5.77. The van der Waals surface area contributed by atoms with Crippen molar-refractivity contribution in [2.45, 2.75) is 37.8 Å². The van der Waals surface area contributed by atoms with E-state index in [4.69, 9.17) is 10.5 Å². The zero-order valence-corrected chi connectivity index (χ0v) is 11.9. The fraction of sp³-hybridized carbons (Fsp3) is 0.923. The van der Waals surface area contributed by atoms with Gasteiger partial charge in [-0.25, -0.2) is 0 Å². The van der Waals surface area contributed by atoms with Crippen molar-refractivity contribution in [3.63, 3.8) is 0 Å². The zero-order chi connectivity index (χ0) is 13.2. The molecule has 1 saturated carbocycles. The maximum absolute atomic E-state index is 6.10. The minimum atomic E-state index is 0.249. The molecular weight excluding hydrogens is 228 g/mol. The Morgan fingerprint density at radius 3 is 2.72 bits per heavy atom. The van der Waals surface area contributed by atoms with E-state index in [1.807, 2.05) is 0 Å². The topological polar surface area (TPSA) is 54.1 Å². The first-order chi connectivity index (χ1) is 8.53. The van der Waals surface area contributed by atoms with E-state index in [-0.39, 0.29) is 11.6 Å². The third-order valence-electron chi connectivity index (χ3n) is 4.33. The van der Waals surface area contributed by atoms with Gasteiger partial charge in [0.25, 0.3) is 0 Å². The first kappa shape index (κ1) is 13.6. The minimum Gasteiger partial charge on any atom is -0.375 e. The zero-order valence-electron chi connectivity index (χ0n) is 11.9. The highest BCUT2D eigenvalue weighted by atomic mass is 16.5. The number of hydrogen-bond acceptors (Lipinski definition) is 3. The molecule has 18 heavy (non-hydrogen) atoms. The van der Waals surface area contributed by atoms with Gasteiger partial charge in [-0.3, -0.25) is 4.99 Å². The molecule has 1 heterocycles. The summed E-state index contributed by atoms with van der Waals surface area (Å²) in [7, 11) is 4.28. The number of ether oxygens (including phenoxy) is 1. The number of aliphatic imine (C=N–C) groups is 1. The standard InChI is InChI=1S/C13H26N4O/c1-11-9-17(7-8-18-11)12(14)15-10-13(16(2)3)5-4-6-13/h11H,4-10H2,1-3H3,(H2,14,15). The number of nitrogens with two attached hydrogens (primary N) is 1.